The highest BCUT2D eigenvalue weighted by molar-refractivity contribution is 6.42. The average Bonchev–Trinajstić information content (AvgIpc) is 2.71. The number of carbonyl (C=O) groups excluding carboxylic acids is 2. The SMILES string of the molecule is CCCCNC(=O)C(CC)N(Cc1cccc(C)c1)C(=O)Cc1ccc(Cl)c(Cl)c1. The van der Waals surface area contributed by atoms with Crippen LogP contribution in [0.15, 0.2) is 42.5 Å². The molecule has 0 heterocycles. The molecule has 0 radical (unpaired) electrons. The van der Waals surface area contributed by atoms with E-state index in [0.717, 1.165) is 29.5 Å². The molecule has 2 rings (SSSR count). The first-order chi connectivity index (χ1) is 14.3. The highest BCUT2D eigenvalue weighted by Gasteiger charge is 2.28. The lowest BCUT2D eigenvalue weighted by Crippen LogP contribution is -2.49. The molecule has 0 aliphatic carbocycles. The fourth-order valence-electron chi connectivity index (χ4n) is 3.36. The molecule has 1 N–H and O–H groups in total. The maximum absolute atomic E-state index is 13.3. The molecule has 0 saturated heterocycles. The van der Waals surface area contributed by atoms with E-state index in [1.807, 2.05) is 38.1 Å². The second-order valence-electron chi connectivity index (χ2n) is 7.50. The van der Waals surface area contributed by atoms with Crippen molar-refractivity contribution in [2.24, 2.45) is 0 Å². The van der Waals surface area contributed by atoms with E-state index >= 15 is 0 Å². The maximum atomic E-state index is 13.3. The Morgan fingerprint density at radius 3 is 2.43 bits per heavy atom. The third kappa shape index (κ3) is 7.03. The summed E-state index contributed by atoms with van der Waals surface area (Å²) in [5, 5.41) is 3.84. The number of hydrogen-bond acceptors (Lipinski definition) is 2. The van der Waals surface area contributed by atoms with Crippen molar-refractivity contribution in [2.45, 2.75) is 59.0 Å². The number of halogens is 2. The van der Waals surface area contributed by atoms with Gasteiger partial charge in [0.2, 0.25) is 11.8 Å². The highest BCUT2D eigenvalue weighted by atomic mass is 35.5. The van der Waals surface area contributed by atoms with E-state index in [1.54, 1.807) is 23.1 Å². The van der Waals surface area contributed by atoms with Crippen LogP contribution < -0.4 is 5.32 Å². The van der Waals surface area contributed by atoms with E-state index in [1.165, 1.54) is 0 Å². The number of benzene rings is 2. The second kappa shape index (κ2) is 12.0. The molecule has 1 unspecified atom stereocenters. The van der Waals surface area contributed by atoms with Gasteiger partial charge in [-0.05, 0) is 43.0 Å². The first-order valence-corrected chi connectivity index (χ1v) is 11.2. The van der Waals surface area contributed by atoms with Crippen molar-refractivity contribution in [1.29, 1.82) is 0 Å². The van der Waals surface area contributed by atoms with Crippen LogP contribution in [0.1, 0.15) is 49.8 Å². The van der Waals surface area contributed by atoms with Gasteiger partial charge in [-0.2, -0.15) is 0 Å². The zero-order valence-corrected chi connectivity index (χ0v) is 19.4. The number of nitrogens with one attached hydrogen (secondary N) is 1. The monoisotopic (exact) mass is 448 g/mol. The Bertz CT molecular complexity index is 870. The standard InChI is InChI=1S/C24H30Cl2N2O2/c1-4-6-12-27-24(30)22(5-2)28(16-19-9-7-8-17(3)13-19)23(29)15-18-10-11-20(25)21(26)14-18/h7-11,13-14,22H,4-6,12,15-16H2,1-3H3,(H,27,30). The minimum atomic E-state index is -0.530. The van der Waals surface area contributed by atoms with Gasteiger partial charge in [-0.25, -0.2) is 0 Å². The number of nitrogens with zero attached hydrogens (tertiary/aromatic N) is 1. The zero-order chi connectivity index (χ0) is 22.1. The maximum Gasteiger partial charge on any atom is 0.242 e. The number of carbonyl (C=O) groups is 2. The summed E-state index contributed by atoms with van der Waals surface area (Å²) in [5.74, 6) is -0.228. The largest absolute Gasteiger partial charge is 0.354 e. The molecule has 4 nitrogen and oxygen atoms in total. The van der Waals surface area contributed by atoms with Crippen LogP contribution >= 0.6 is 23.2 Å². The van der Waals surface area contributed by atoms with E-state index in [9.17, 15) is 9.59 Å². The van der Waals surface area contributed by atoms with Crippen molar-refractivity contribution in [1.82, 2.24) is 10.2 Å². The molecule has 1 atom stereocenters. The summed E-state index contributed by atoms with van der Waals surface area (Å²) in [6, 6.07) is 12.7. The molecule has 162 valence electrons. The van der Waals surface area contributed by atoms with Crippen LogP contribution in [-0.2, 0) is 22.6 Å². The minimum absolute atomic E-state index is 0.110. The molecule has 0 aliphatic heterocycles. The zero-order valence-electron chi connectivity index (χ0n) is 17.9. The Hall–Kier alpha value is -2.04. The van der Waals surface area contributed by atoms with Crippen LogP contribution in [0.3, 0.4) is 0 Å². The van der Waals surface area contributed by atoms with Crippen molar-refractivity contribution >= 4 is 35.0 Å². The van der Waals surface area contributed by atoms with E-state index in [0.29, 0.717) is 29.6 Å². The van der Waals surface area contributed by atoms with Gasteiger partial charge in [-0.3, -0.25) is 9.59 Å². The van der Waals surface area contributed by atoms with Gasteiger partial charge < -0.3 is 10.2 Å². The van der Waals surface area contributed by atoms with E-state index in [2.05, 4.69) is 12.2 Å². The Labute approximate surface area is 189 Å². The van der Waals surface area contributed by atoms with Gasteiger partial charge in [0, 0.05) is 13.1 Å². The lowest BCUT2D eigenvalue weighted by atomic mass is 10.1. The van der Waals surface area contributed by atoms with Crippen molar-refractivity contribution in [3.8, 4) is 0 Å². The molecule has 30 heavy (non-hydrogen) atoms. The molecule has 0 bridgehead atoms. The topological polar surface area (TPSA) is 49.4 Å². The van der Waals surface area contributed by atoms with Gasteiger partial charge >= 0.3 is 0 Å². The number of aryl methyl sites for hydroxylation is 1. The highest BCUT2D eigenvalue weighted by Crippen LogP contribution is 2.23. The number of unbranched alkanes of at least 4 members (excludes halogenated alkanes) is 1. The Morgan fingerprint density at radius 2 is 1.80 bits per heavy atom. The molecular weight excluding hydrogens is 419 g/mol. The van der Waals surface area contributed by atoms with Gasteiger partial charge in [-0.15, -0.1) is 0 Å². The lowest BCUT2D eigenvalue weighted by molar-refractivity contribution is -0.140. The molecule has 2 amide bonds. The van der Waals surface area contributed by atoms with Gasteiger partial charge in [0.1, 0.15) is 6.04 Å². The first kappa shape index (κ1) is 24.2. The summed E-state index contributed by atoms with van der Waals surface area (Å²) < 4.78 is 0. The quantitative estimate of drug-likeness (QED) is 0.483. The molecule has 6 heteroatoms. The first-order valence-electron chi connectivity index (χ1n) is 10.4. The van der Waals surface area contributed by atoms with Gasteiger partial charge in [-0.1, -0.05) is 79.4 Å². The molecular formula is C24H30Cl2N2O2. The van der Waals surface area contributed by atoms with Crippen molar-refractivity contribution in [3.63, 3.8) is 0 Å². The van der Waals surface area contributed by atoms with Crippen LogP contribution in [0.5, 0.6) is 0 Å². The van der Waals surface area contributed by atoms with Gasteiger partial charge in [0.15, 0.2) is 0 Å². The summed E-state index contributed by atoms with van der Waals surface area (Å²) in [6.45, 7) is 7.01. The van der Waals surface area contributed by atoms with E-state index < -0.39 is 6.04 Å². The van der Waals surface area contributed by atoms with E-state index in [4.69, 9.17) is 23.2 Å². The Morgan fingerprint density at radius 1 is 1.03 bits per heavy atom. The summed E-state index contributed by atoms with van der Waals surface area (Å²) in [5.41, 5.74) is 2.88. The fraction of sp³-hybridized carbons (Fsp3) is 0.417. The lowest BCUT2D eigenvalue weighted by Gasteiger charge is -2.31. The van der Waals surface area contributed by atoms with Crippen molar-refractivity contribution in [3.05, 3.63) is 69.2 Å². The normalized spacial score (nSPS) is 11.8. The number of amides is 2. The third-order valence-corrected chi connectivity index (χ3v) is 5.73. The third-order valence-electron chi connectivity index (χ3n) is 4.99. The van der Waals surface area contributed by atoms with Crippen molar-refractivity contribution < 1.29 is 9.59 Å². The molecule has 0 fully saturated rings. The van der Waals surface area contributed by atoms with Crippen LogP contribution in [0.25, 0.3) is 0 Å². The van der Waals surface area contributed by atoms with Crippen LogP contribution in [0.4, 0.5) is 0 Å². The Kier molecular flexibility index (Phi) is 9.67. The predicted octanol–water partition coefficient (Wildman–Crippen LogP) is 5.57. The minimum Gasteiger partial charge on any atom is -0.354 e. The van der Waals surface area contributed by atoms with Gasteiger partial charge in [0.05, 0.1) is 16.5 Å². The fourth-order valence-corrected chi connectivity index (χ4v) is 3.68. The summed E-state index contributed by atoms with van der Waals surface area (Å²) in [4.78, 5) is 27.8. The summed E-state index contributed by atoms with van der Waals surface area (Å²) in [6.07, 6.45) is 2.61. The number of hydrogen-bond donors (Lipinski definition) is 1. The molecule has 0 aliphatic rings. The second-order valence-corrected chi connectivity index (χ2v) is 8.32. The smallest absolute Gasteiger partial charge is 0.242 e. The molecule has 2 aromatic rings. The van der Waals surface area contributed by atoms with E-state index in [-0.39, 0.29) is 18.2 Å². The van der Waals surface area contributed by atoms with Crippen molar-refractivity contribution in [2.75, 3.05) is 6.54 Å². The molecule has 2 aromatic carbocycles. The van der Waals surface area contributed by atoms with Gasteiger partial charge in [0.25, 0.3) is 0 Å². The number of rotatable bonds is 10. The summed E-state index contributed by atoms with van der Waals surface area (Å²) in [7, 11) is 0. The predicted molar refractivity (Wildman–Crippen MR) is 124 cm³/mol. The summed E-state index contributed by atoms with van der Waals surface area (Å²) >= 11 is 12.1. The average molecular weight is 449 g/mol. The molecule has 0 spiro atoms. The van der Waals surface area contributed by atoms with Crippen LogP contribution in [0.2, 0.25) is 10.0 Å². The molecule has 0 saturated carbocycles. The molecule has 0 aromatic heterocycles. The van der Waals surface area contributed by atoms with Crippen LogP contribution in [0, 0.1) is 6.92 Å². The van der Waals surface area contributed by atoms with Crippen LogP contribution in [-0.4, -0.2) is 29.3 Å². The Balaban J connectivity index is 2.26.